The molecule has 7 nitrogen and oxygen atoms in total. The van der Waals surface area contributed by atoms with Gasteiger partial charge in [0.05, 0.1) is 18.8 Å². The lowest BCUT2D eigenvalue weighted by molar-refractivity contribution is -0.751. The van der Waals surface area contributed by atoms with Gasteiger partial charge in [-0.3, -0.25) is 0 Å². The van der Waals surface area contributed by atoms with Gasteiger partial charge in [0.15, 0.2) is 7.05 Å². The van der Waals surface area contributed by atoms with Gasteiger partial charge < -0.3 is 14.7 Å². The number of likely N-dealkylation sites (N-methyl/N-ethyl adjacent to an activating group) is 1. The van der Waals surface area contributed by atoms with E-state index >= 15 is 0 Å². The van der Waals surface area contributed by atoms with Gasteiger partial charge in [0.2, 0.25) is 6.20 Å². The number of aryl methyl sites for hydroxylation is 3. The Morgan fingerprint density at radius 1 is 0.875 bits per heavy atom. The second-order valence-electron chi connectivity index (χ2n) is 9.16. The molecule has 7 heteroatoms. The topological polar surface area (TPSA) is 44.3 Å². The lowest BCUT2D eigenvalue weighted by Gasteiger charge is -2.35. The highest BCUT2D eigenvalue weighted by Gasteiger charge is 2.22. The molecule has 0 N–H and O–H groups in total. The summed E-state index contributed by atoms with van der Waals surface area (Å²) in [6.07, 6.45) is 6.27. The molecule has 0 unspecified atom stereocenters. The Morgan fingerprint density at radius 2 is 1.62 bits per heavy atom. The minimum atomic E-state index is 0.855. The third kappa shape index (κ3) is 4.09. The minimum Gasteiger partial charge on any atom is -0.354 e. The van der Waals surface area contributed by atoms with Crippen molar-refractivity contribution in [2.24, 2.45) is 14.1 Å². The highest BCUT2D eigenvalue weighted by Crippen LogP contribution is 2.29. The largest absolute Gasteiger partial charge is 0.354 e. The van der Waals surface area contributed by atoms with Crippen molar-refractivity contribution >= 4 is 11.6 Å². The molecule has 2 aliphatic heterocycles. The molecule has 1 fully saturated rings. The molecule has 168 valence electrons. The molecular weight excluding hydrogens is 398 g/mol. The third-order valence-corrected chi connectivity index (χ3v) is 6.91. The van der Waals surface area contributed by atoms with E-state index in [-0.39, 0.29) is 0 Å². The lowest BCUT2D eigenvalue weighted by atomic mass is 9.95. The van der Waals surface area contributed by atoms with Crippen LogP contribution >= 0.6 is 0 Å². The number of aromatic nitrogens is 4. The van der Waals surface area contributed by atoms with Crippen LogP contribution < -0.4 is 14.5 Å². The van der Waals surface area contributed by atoms with Gasteiger partial charge in [0.25, 0.3) is 0 Å². The maximum Gasteiger partial charge on any atom is 0.203 e. The molecule has 0 amide bonds. The van der Waals surface area contributed by atoms with Crippen LogP contribution in [0.2, 0.25) is 0 Å². The van der Waals surface area contributed by atoms with Crippen molar-refractivity contribution in [2.45, 2.75) is 26.3 Å². The summed E-state index contributed by atoms with van der Waals surface area (Å²) in [7, 11) is 6.33. The van der Waals surface area contributed by atoms with E-state index in [2.05, 4.69) is 88.8 Å². The van der Waals surface area contributed by atoms with Crippen LogP contribution in [0.1, 0.15) is 23.9 Å². The molecule has 32 heavy (non-hydrogen) atoms. The Morgan fingerprint density at radius 3 is 2.31 bits per heavy atom. The lowest BCUT2D eigenvalue weighted by Crippen LogP contribution is -2.45. The smallest absolute Gasteiger partial charge is 0.203 e. The Balaban J connectivity index is 1.42. The predicted molar refractivity (Wildman–Crippen MR) is 128 cm³/mol. The second-order valence-corrected chi connectivity index (χ2v) is 9.16. The Labute approximate surface area is 190 Å². The number of hydrogen-bond acceptors (Lipinski definition) is 5. The SMILES string of the molecule is CCc1nc(N2CCN(C)CC2)cc(N2CCc3ccc(-c4cn(C)[n+](C)c4)cc3C2)n1. The molecule has 4 heterocycles. The van der Waals surface area contributed by atoms with Gasteiger partial charge in [-0.25, -0.2) is 9.97 Å². The first kappa shape index (κ1) is 20.9. The molecule has 0 radical (unpaired) electrons. The van der Waals surface area contributed by atoms with Crippen LogP contribution in [-0.4, -0.2) is 59.3 Å². The maximum atomic E-state index is 4.92. The van der Waals surface area contributed by atoms with Gasteiger partial charge in [-0.2, -0.15) is 4.68 Å². The van der Waals surface area contributed by atoms with Crippen molar-refractivity contribution in [1.29, 1.82) is 0 Å². The van der Waals surface area contributed by atoms with Crippen molar-refractivity contribution in [1.82, 2.24) is 19.5 Å². The van der Waals surface area contributed by atoms with E-state index in [1.54, 1.807) is 0 Å². The van der Waals surface area contributed by atoms with E-state index in [0.717, 1.165) is 69.6 Å². The summed E-state index contributed by atoms with van der Waals surface area (Å²) in [5.41, 5.74) is 5.38. The zero-order valence-corrected chi connectivity index (χ0v) is 19.8. The van der Waals surface area contributed by atoms with Gasteiger partial charge >= 0.3 is 0 Å². The first-order valence-electron chi connectivity index (χ1n) is 11.7. The summed E-state index contributed by atoms with van der Waals surface area (Å²) in [4.78, 5) is 17.0. The van der Waals surface area contributed by atoms with Crippen LogP contribution in [-0.2, 0) is 33.5 Å². The summed E-state index contributed by atoms with van der Waals surface area (Å²) in [6.45, 7) is 8.24. The molecule has 1 aromatic carbocycles. The average molecular weight is 433 g/mol. The molecular formula is C25H34N7+. The maximum absolute atomic E-state index is 4.92. The number of nitrogens with zero attached hydrogens (tertiary/aromatic N) is 7. The Hall–Kier alpha value is -2.93. The summed E-state index contributed by atoms with van der Waals surface area (Å²) < 4.78 is 4.21. The molecule has 0 spiro atoms. The number of rotatable bonds is 4. The molecule has 5 rings (SSSR count). The predicted octanol–water partition coefficient (Wildman–Crippen LogP) is 2.18. The van der Waals surface area contributed by atoms with Crippen LogP contribution in [0.25, 0.3) is 11.1 Å². The van der Waals surface area contributed by atoms with Crippen molar-refractivity contribution < 1.29 is 4.68 Å². The number of benzene rings is 1. The quantitative estimate of drug-likeness (QED) is 0.592. The fourth-order valence-electron chi connectivity index (χ4n) is 4.69. The number of piperazine rings is 1. The van der Waals surface area contributed by atoms with E-state index in [4.69, 9.17) is 9.97 Å². The normalized spacial score (nSPS) is 17.0. The number of anilines is 2. The molecule has 0 atom stereocenters. The Kier molecular flexibility index (Phi) is 5.59. The summed E-state index contributed by atoms with van der Waals surface area (Å²) in [6, 6.07) is 9.13. The fraction of sp³-hybridized carbons (Fsp3) is 0.480. The first-order valence-corrected chi connectivity index (χ1v) is 11.7. The molecule has 2 aromatic heterocycles. The number of fused-ring (bicyclic) bond motifs is 1. The monoisotopic (exact) mass is 432 g/mol. The van der Waals surface area contributed by atoms with Gasteiger partial charge in [0, 0.05) is 51.8 Å². The third-order valence-electron chi connectivity index (χ3n) is 6.91. The van der Waals surface area contributed by atoms with Crippen LogP contribution in [0, 0.1) is 0 Å². The molecule has 1 saturated heterocycles. The minimum absolute atomic E-state index is 0.855. The highest BCUT2D eigenvalue weighted by atomic mass is 15.4. The van der Waals surface area contributed by atoms with Crippen LogP contribution in [0.5, 0.6) is 0 Å². The van der Waals surface area contributed by atoms with E-state index in [1.807, 2.05) is 0 Å². The van der Waals surface area contributed by atoms with Gasteiger partial charge in [-0.15, -0.1) is 4.68 Å². The van der Waals surface area contributed by atoms with Crippen molar-refractivity contribution in [3.8, 4) is 11.1 Å². The molecule has 3 aromatic rings. The van der Waals surface area contributed by atoms with Crippen LogP contribution in [0.3, 0.4) is 0 Å². The Bertz CT molecular complexity index is 1090. The van der Waals surface area contributed by atoms with E-state index in [1.165, 1.54) is 22.3 Å². The summed E-state index contributed by atoms with van der Waals surface area (Å²) >= 11 is 0. The van der Waals surface area contributed by atoms with E-state index < -0.39 is 0 Å². The van der Waals surface area contributed by atoms with E-state index in [9.17, 15) is 0 Å². The highest BCUT2D eigenvalue weighted by molar-refractivity contribution is 5.64. The zero-order valence-electron chi connectivity index (χ0n) is 19.8. The van der Waals surface area contributed by atoms with Gasteiger partial charge in [-0.1, -0.05) is 19.1 Å². The second kappa shape index (κ2) is 8.54. The molecule has 0 bridgehead atoms. The molecule has 2 aliphatic rings. The van der Waals surface area contributed by atoms with Gasteiger partial charge in [0.1, 0.15) is 17.5 Å². The van der Waals surface area contributed by atoms with Crippen LogP contribution in [0.15, 0.2) is 36.7 Å². The summed E-state index contributed by atoms with van der Waals surface area (Å²) in [5.74, 6) is 3.08. The molecule has 0 aliphatic carbocycles. The van der Waals surface area contributed by atoms with Gasteiger partial charge in [-0.05, 0) is 36.2 Å². The zero-order chi connectivity index (χ0) is 22.2. The van der Waals surface area contributed by atoms with E-state index in [0.29, 0.717) is 0 Å². The van der Waals surface area contributed by atoms with Crippen LogP contribution in [0.4, 0.5) is 11.6 Å². The van der Waals surface area contributed by atoms with Crippen molar-refractivity contribution in [3.63, 3.8) is 0 Å². The fourth-order valence-corrected chi connectivity index (χ4v) is 4.69. The number of hydrogen-bond donors (Lipinski definition) is 0. The standard InChI is InChI=1S/C25H34N7/c1-5-23-26-24(31-12-10-28(2)11-13-31)15-25(27-23)32-9-8-19-6-7-20(14-21(19)18-32)22-16-29(3)30(4)17-22/h6-7,14-17H,5,8-13,18H2,1-4H3/q+1. The average Bonchev–Trinajstić information content (AvgIpc) is 3.16. The summed E-state index contributed by atoms with van der Waals surface area (Å²) in [5, 5.41) is 0. The molecule has 0 saturated carbocycles. The van der Waals surface area contributed by atoms with Crippen molar-refractivity contribution in [2.75, 3.05) is 49.6 Å². The first-order chi connectivity index (χ1) is 15.5. The van der Waals surface area contributed by atoms with Crippen molar-refractivity contribution in [3.05, 3.63) is 53.6 Å².